The molecule has 1 saturated carbocycles. The zero-order valence-electron chi connectivity index (χ0n) is 19.5. The molecule has 1 heterocycles. The first-order valence-electron chi connectivity index (χ1n) is 11.9. The molecule has 4 rings (SSSR count). The van der Waals surface area contributed by atoms with Crippen LogP contribution in [0.1, 0.15) is 45.4 Å². The Morgan fingerprint density at radius 1 is 1.14 bits per heavy atom. The van der Waals surface area contributed by atoms with Gasteiger partial charge in [0.25, 0.3) is 5.91 Å². The SMILES string of the molecule is CCC[C@H](C(=O)NC1CCCC1)N(C(=O)Cn1nnc(-c2ccccc2F)n1)c1cccc(F)c1. The second-order valence-corrected chi connectivity index (χ2v) is 8.66. The molecule has 0 aliphatic heterocycles. The summed E-state index contributed by atoms with van der Waals surface area (Å²) in [5.41, 5.74) is 0.428. The highest BCUT2D eigenvalue weighted by molar-refractivity contribution is 6.00. The maximum absolute atomic E-state index is 14.1. The van der Waals surface area contributed by atoms with Gasteiger partial charge in [-0.05, 0) is 54.8 Å². The first kappa shape index (κ1) is 24.4. The summed E-state index contributed by atoms with van der Waals surface area (Å²) < 4.78 is 28.2. The van der Waals surface area contributed by atoms with Crippen molar-refractivity contribution < 1.29 is 18.4 Å². The van der Waals surface area contributed by atoms with Crippen molar-refractivity contribution in [3.8, 4) is 11.4 Å². The third-order valence-electron chi connectivity index (χ3n) is 6.08. The molecular formula is C25H28F2N6O2. The van der Waals surface area contributed by atoms with E-state index in [0.29, 0.717) is 12.8 Å². The van der Waals surface area contributed by atoms with Crippen molar-refractivity contribution in [3.63, 3.8) is 0 Å². The van der Waals surface area contributed by atoms with E-state index in [1.54, 1.807) is 18.2 Å². The number of benzene rings is 2. The van der Waals surface area contributed by atoms with Crippen LogP contribution in [0.5, 0.6) is 0 Å². The minimum atomic E-state index is -0.829. The quantitative estimate of drug-likeness (QED) is 0.500. The summed E-state index contributed by atoms with van der Waals surface area (Å²) in [5.74, 6) is -1.76. The van der Waals surface area contributed by atoms with Crippen molar-refractivity contribution in [2.45, 2.75) is 64.1 Å². The molecule has 1 fully saturated rings. The number of rotatable bonds is 9. The van der Waals surface area contributed by atoms with E-state index in [4.69, 9.17) is 0 Å². The third-order valence-corrected chi connectivity index (χ3v) is 6.08. The molecule has 10 heteroatoms. The smallest absolute Gasteiger partial charge is 0.251 e. The lowest BCUT2D eigenvalue weighted by molar-refractivity contribution is -0.127. The highest BCUT2D eigenvalue weighted by atomic mass is 19.1. The van der Waals surface area contributed by atoms with E-state index in [9.17, 15) is 18.4 Å². The van der Waals surface area contributed by atoms with Crippen LogP contribution in [-0.4, -0.2) is 44.1 Å². The van der Waals surface area contributed by atoms with Crippen LogP contribution in [0.3, 0.4) is 0 Å². The predicted octanol–water partition coefficient (Wildman–Crippen LogP) is 3.88. The van der Waals surface area contributed by atoms with Gasteiger partial charge in [-0.3, -0.25) is 14.5 Å². The molecule has 35 heavy (non-hydrogen) atoms. The molecule has 1 N–H and O–H groups in total. The summed E-state index contributed by atoms with van der Waals surface area (Å²) in [5, 5.41) is 15.0. The van der Waals surface area contributed by atoms with Crippen LogP contribution in [0.25, 0.3) is 11.4 Å². The van der Waals surface area contributed by atoms with Gasteiger partial charge >= 0.3 is 0 Å². The first-order valence-corrected chi connectivity index (χ1v) is 11.9. The van der Waals surface area contributed by atoms with Crippen molar-refractivity contribution in [3.05, 3.63) is 60.2 Å². The summed E-state index contributed by atoms with van der Waals surface area (Å²) in [6, 6.07) is 10.8. The Bertz CT molecular complexity index is 1180. The molecule has 3 aromatic rings. The van der Waals surface area contributed by atoms with E-state index in [1.165, 1.54) is 35.2 Å². The maximum Gasteiger partial charge on any atom is 0.251 e. The Morgan fingerprint density at radius 3 is 2.63 bits per heavy atom. The molecular weight excluding hydrogens is 454 g/mol. The van der Waals surface area contributed by atoms with Crippen LogP contribution in [0.4, 0.5) is 14.5 Å². The van der Waals surface area contributed by atoms with Crippen LogP contribution in [0, 0.1) is 11.6 Å². The van der Waals surface area contributed by atoms with Crippen LogP contribution in [0.2, 0.25) is 0 Å². The molecule has 2 amide bonds. The van der Waals surface area contributed by atoms with Gasteiger partial charge in [-0.15, -0.1) is 10.2 Å². The zero-order valence-corrected chi connectivity index (χ0v) is 19.5. The fourth-order valence-corrected chi connectivity index (χ4v) is 4.40. The van der Waals surface area contributed by atoms with E-state index in [-0.39, 0.29) is 35.6 Å². The second kappa shape index (κ2) is 11.2. The minimum Gasteiger partial charge on any atom is -0.352 e. The van der Waals surface area contributed by atoms with Crippen molar-refractivity contribution in [1.82, 2.24) is 25.5 Å². The lowest BCUT2D eigenvalue weighted by Gasteiger charge is -2.31. The minimum absolute atomic E-state index is 0.0392. The molecule has 0 unspecified atom stereocenters. The molecule has 184 valence electrons. The Morgan fingerprint density at radius 2 is 1.91 bits per heavy atom. The van der Waals surface area contributed by atoms with Crippen molar-refractivity contribution >= 4 is 17.5 Å². The molecule has 1 atom stereocenters. The summed E-state index contributed by atoms with van der Waals surface area (Å²) in [4.78, 5) is 29.2. The predicted molar refractivity (Wildman–Crippen MR) is 126 cm³/mol. The number of amides is 2. The van der Waals surface area contributed by atoms with Crippen LogP contribution < -0.4 is 10.2 Å². The fraction of sp³-hybridized carbons (Fsp3) is 0.400. The molecule has 1 aliphatic carbocycles. The average molecular weight is 483 g/mol. The van der Waals surface area contributed by atoms with E-state index in [2.05, 4.69) is 20.7 Å². The normalized spacial score (nSPS) is 14.6. The van der Waals surface area contributed by atoms with Gasteiger partial charge in [-0.2, -0.15) is 4.80 Å². The van der Waals surface area contributed by atoms with Crippen LogP contribution >= 0.6 is 0 Å². The van der Waals surface area contributed by atoms with Gasteiger partial charge in [0, 0.05) is 11.7 Å². The van der Waals surface area contributed by atoms with Gasteiger partial charge < -0.3 is 5.32 Å². The summed E-state index contributed by atoms with van der Waals surface area (Å²) in [6.07, 6.45) is 4.95. The number of nitrogens with one attached hydrogen (secondary N) is 1. The third kappa shape index (κ3) is 5.87. The molecule has 8 nitrogen and oxygen atoms in total. The maximum atomic E-state index is 14.1. The monoisotopic (exact) mass is 482 g/mol. The number of nitrogens with zero attached hydrogens (tertiary/aromatic N) is 5. The highest BCUT2D eigenvalue weighted by Crippen LogP contribution is 2.24. The van der Waals surface area contributed by atoms with Crippen molar-refractivity contribution in [1.29, 1.82) is 0 Å². The standard InChI is InChI=1S/C25H28F2N6O2/c1-2-8-22(25(35)28-18-10-3-4-11-18)33(19-12-7-9-17(26)15-19)23(34)16-32-30-24(29-31-32)20-13-5-6-14-21(20)27/h5-7,9,12-15,18,22H,2-4,8,10-11,16H2,1H3,(H,28,35)/t22-/m1/s1. The molecule has 0 bridgehead atoms. The number of carbonyl (C=O) groups is 2. The second-order valence-electron chi connectivity index (χ2n) is 8.66. The average Bonchev–Trinajstić information content (AvgIpc) is 3.51. The van der Waals surface area contributed by atoms with Crippen LogP contribution in [0.15, 0.2) is 48.5 Å². The number of aromatic nitrogens is 4. The molecule has 1 aliphatic rings. The lowest BCUT2D eigenvalue weighted by atomic mass is 10.1. The Kier molecular flexibility index (Phi) is 7.79. The number of anilines is 1. The summed E-state index contributed by atoms with van der Waals surface area (Å²) in [6.45, 7) is 1.57. The highest BCUT2D eigenvalue weighted by Gasteiger charge is 2.33. The van der Waals surface area contributed by atoms with Gasteiger partial charge in [-0.25, -0.2) is 8.78 Å². The molecule has 0 saturated heterocycles. The largest absolute Gasteiger partial charge is 0.352 e. The Balaban J connectivity index is 1.61. The number of hydrogen-bond donors (Lipinski definition) is 1. The van der Waals surface area contributed by atoms with Crippen molar-refractivity contribution in [2.75, 3.05) is 4.90 Å². The van der Waals surface area contributed by atoms with Gasteiger partial charge in [0.05, 0.1) is 5.56 Å². The zero-order chi connectivity index (χ0) is 24.8. The van der Waals surface area contributed by atoms with Gasteiger partial charge in [-0.1, -0.05) is 44.4 Å². The Labute approximate surface area is 202 Å². The fourth-order valence-electron chi connectivity index (χ4n) is 4.40. The summed E-state index contributed by atoms with van der Waals surface area (Å²) in [7, 11) is 0. The van der Waals surface area contributed by atoms with Crippen molar-refractivity contribution in [2.24, 2.45) is 0 Å². The van der Waals surface area contributed by atoms with E-state index >= 15 is 0 Å². The molecule has 2 aromatic carbocycles. The number of hydrogen-bond acceptors (Lipinski definition) is 5. The van der Waals surface area contributed by atoms with E-state index in [1.807, 2.05) is 6.92 Å². The number of halogens is 2. The van der Waals surface area contributed by atoms with E-state index in [0.717, 1.165) is 30.5 Å². The number of tetrazole rings is 1. The van der Waals surface area contributed by atoms with Gasteiger partial charge in [0.1, 0.15) is 24.2 Å². The number of carbonyl (C=O) groups excluding carboxylic acids is 2. The molecule has 1 aromatic heterocycles. The molecule has 0 spiro atoms. The molecule has 0 radical (unpaired) electrons. The van der Waals surface area contributed by atoms with E-state index < -0.39 is 23.6 Å². The lowest BCUT2D eigenvalue weighted by Crippen LogP contribution is -2.52. The van der Waals surface area contributed by atoms with Gasteiger partial charge in [0.15, 0.2) is 0 Å². The Hall–Kier alpha value is -3.69. The summed E-state index contributed by atoms with van der Waals surface area (Å²) >= 11 is 0. The first-order chi connectivity index (χ1) is 17.0. The van der Waals surface area contributed by atoms with Crippen LogP contribution in [-0.2, 0) is 16.1 Å². The van der Waals surface area contributed by atoms with Gasteiger partial charge in [0.2, 0.25) is 11.7 Å². The topological polar surface area (TPSA) is 93.0 Å².